The average molecular weight is 321 g/mol. The van der Waals surface area contributed by atoms with E-state index in [1.807, 2.05) is 24.3 Å². The highest BCUT2D eigenvalue weighted by atomic mass is 79.9. The molecule has 4 N–H and O–H groups in total. The number of rotatable bonds is 4. The van der Waals surface area contributed by atoms with Crippen molar-refractivity contribution in [3.8, 4) is 0 Å². The van der Waals surface area contributed by atoms with Crippen LogP contribution in [0.2, 0.25) is 0 Å². The molecule has 0 aliphatic heterocycles. The van der Waals surface area contributed by atoms with E-state index in [2.05, 4.69) is 21.2 Å². The largest absolute Gasteiger partial charge is 0.478 e. The summed E-state index contributed by atoms with van der Waals surface area (Å²) in [5, 5.41) is 12.1. The SMILES string of the molecule is Nc1cc(NCc2ccc(Br)cc2)ccc1C(=O)O. The fraction of sp³-hybridized carbons (Fsp3) is 0.0714. The minimum absolute atomic E-state index is 0.120. The molecule has 98 valence electrons. The highest BCUT2D eigenvalue weighted by molar-refractivity contribution is 9.10. The van der Waals surface area contributed by atoms with Crippen LogP contribution in [0.4, 0.5) is 11.4 Å². The average Bonchev–Trinajstić information content (AvgIpc) is 2.37. The number of carboxylic acids is 1. The molecular weight excluding hydrogens is 308 g/mol. The number of hydrogen-bond donors (Lipinski definition) is 3. The summed E-state index contributed by atoms with van der Waals surface area (Å²) in [7, 11) is 0. The van der Waals surface area contributed by atoms with Crippen molar-refractivity contribution in [3.05, 3.63) is 58.1 Å². The van der Waals surface area contributed by atoms with Crippen LogP contribution in [0.1, 0.15) is 15.9 Å². The molecule has 0 aliphatic carbocycles. The van der Waals surface area contributed by atoms with Gasteiger partial charge in [-0.3, -0.25) is 0 Å². The molecule has 2 rings (SSSR count). The first-order chi connectivity index (χ1) is 9.06. The van der Waals surface area contributed by atoms with E-state index in [0.29, 0.717) is 6.54 Å². The van der Waals surface area contributed by atoms with E-state index in [9.17, 15) is 4.79 Å². The summed E-state index contributed by atoms with van der Waals surface area (Å²) in [5.74, 6) is -1.02. The molecule has 2 aromatic carbocycles. The van der Waals surface area contributed by atoms with Gasteiger partial charge in [0.15, 0.2) is 0 Å². The fourth-order valence-electron chi connectivity index (χ4n) is 1.67. The molecule has 0 bridgehead atoms. The lowest BCUT2D eigenvalue weighted by Gasteiger charge is -2.09. The van der Waals surface area contributed by atoms with Gasteiger partial charge in [0.2, 0.25) is 0 Å². The summed E-state index contributed by atoms with van der Waals surface area (Å²) in [4.78, 5) is 10.8. The summed E-state index contributed by atoms with van der Waals surface area (Å²) >= 11 is 3.38. The Morgan fingerprint density at radius 3 is 2.47 bits per heavy atom. The molecule has 4 nitrogen and oxygen atoms in total. The van der Waals surface area contributed by atoms with Gasteiger partial charge in [-0.2, -0.15) is 0 Å². The molecule has 0 spiro atoms. The summed E-state index contributed by atoms with van der Waals surface area (Å²) < 4.78 is 1.03. The molecule has 0 amide bonds. The summed E-state index contributed by atoms with van der Waals surface area (Å²) in [6.45, 7) is 0.652. The number of nitrogens with two attached hydrogens (primary N) is 1. The van der Waals surface area contributed by atoms with E-state index < -0.39 is 5.97 Å². The minimum atomic E-state index is -1.02. The van der Waals surface area contributed by atoms with E-state index in [-0.39, 0.29) is 11.3 Å². The van der Waals surface area contributed by atoms with Crippen molar-refractivity contribution in [2.24, 2.45) is 0 Å². The Kier molecular flexibility index (Phi) is 4.06. The predicted molar refractivity (Wildman–Crippen MR) is 79.3 cm³/mol. The van der Waals surface area contributed by atoms with Crippen LogP contribution in [0.25, 0.3) is 0 Å². The molecule has 0 heterocycles. The number of carbonyl (C=O) groups is 1. The van der Waals surface area contributed by atoms with Crippen molar-refractivity contribution in [1.82, 2.24) is 0 Å². The molecule has 0 aromatic heterocycles. The molecule has 5 heteroatoms. The van der Waals surface area contributed by atoms with Crippen LogP contribution in [0.3, 0.4) is 0 Å². The van der Waals surface area contributed by atoms with Gasteiger partial charge in [0, 0.05) is 22.4 Å². The van der Waals surface area contributed by atoms with Crippen molar-refractivity contribution >= 4 is 33.3 Å². The smallest absolute Gasteiger partial charge is 0.337 e. The van der Waals surface area contributed by atoms with E-state index in [4.69, 9.17) is 10.8 Å². The zero-order chi connectivity index (χ0) is 13.8. The Balaban J connectivity index is 2.06. The van der Waals surface area contributed by atoms with Crippen molar-refractivity contribution in [2.75, 3.05) is 11.1 Å². The Bertz CT molecular complexity index is 597. The summed E-state index contributed by atoms with van der Waals surface area (Å²) in [6.07, 6.45) is 0. The molecule has 0 atom stereocenters. The zero-order valence-corrected chi connectivity index (χ0v) is 11.6. The molecule has 0 unspecified atom stereocenters. The Hall–Kier alpha value is -2.01. The third-order valence-electron chi connectivity index (χ3n) is 2.69. The molecule has 2 aromatic rings. The lowest BCUT2D eigenvalue weighted by atomic mass is 10.1. The topological polar surface area (TPSA) is 75.3 Å². The van der Waals surface area contributed by atoms with Gasteiger partial charge < -0.3 is 16.2 Å². The van der Waals surface area contributed by atoms with E-state index >= 15 is 0 Å². The quantitative estimate of drug-likeness (QED) is 0.755. The first kappa shape index (κ1) is 13.4. The van der Waals surface area contributed by atoms with Crippen LogP contribution in [0.5, 0.6) is 0 Å². The molecular formula is C14H13BrN2O2. The predicted octanol–water partition coefficient (Wildman–Crippen LogP) is 3.34. The molecule has 19 heavy (non-hydrogen) atoms. The molecule has 0 saturated heterocycles. The van der Waals surface area contributed by atoms with Crippen LogP contribution < -0.4 is 11.1 Å². The molecule has 0 saturated carbocycles. The number of aromatic carboxylic acids is 1. The maximum absolute atomic E-state index is 10.8. The first-order valence-corrected chi connectivity index (χ1v) is 6.46. The van der Waals surface area contributed by atoms with E-state index in [0.717, 1.165) is 15.7 Å². The van der Waals surface area contributed by atoms with Gasteiger partial charge in [0.25, 0.3) is 0 Å². The molecule has 0 aliphatic rings. The fourth-order valence-corrected chi connectivity index (χ4v) is 1.94. The third kappa shape index (κ3) is 3.48. The van der Waals surface area contributed by atoms with Gasteiger partial charge in [0.05, 0.1) is 5.56 Å². The van der Waals surface area contributed by atoms with Crippen LogP contribution in [0, 0.1) is 0 Å². The van der Waals surface area contributed by atoms with Gasteiger partial charge in [-0.1, -0.05) is 28.1 Å². The van der Waals surface area contributed by atoms with Crippen LogP contribution in [0.15, 0.2) is 46.9 Å². The second-order valence-corrected chi connectivity index (χ2v) is 5.00. The second-order valence-electron chi connectivity index (χ2n) is 4.09. The van der Waals surface area contributed by atoms with Gasteiger partial charge in [-0.25, -0.2) is 4.79 Å². The van der Waals surface area contributed by atoms with Crippen LogP contribution in [-0.4, -0.2) is 11.1 Å². The van der Waals surface area contributed by atoms with Crippen LogP contribution >= 0.6 is 15.9 Å². The maximum atomic E-state index is 10.8. The minimum Gasteiger partial charge on any atom is -0.478 e. The number of benzene rings is 2. The monoisotopic (exact) mass is 320 g/mol. The maximum Gasteiger partial charge on any atom is 0.337 e. The zero-order valence-electron chi connectivity index (χ0n) is 10.1. The van der Waals surface area contributed by atoms with Gasteiger partial charge in [0.1, 0.15) is 0 Å². The van der Waals surface area contributed by atoms with E-state index in [1.54, 1.807) is 12.1 Å². The van der Waals surface area contributed by atoms with Gasteiger partial charge >= 0.3 is 5.97 Å². The lowest BCUT2D eigenvalue weighted by molar-refractivity contribution is 0.0698. The van der Waals surface area contributed by atoms with Crippen molar-refractivity contribution < 1.29 is 9.90 Å². The Morgan fingerprint density at radius 2 is 1.89 bits per heavy atom. The number of anilines is 2. The summed E-state index contributed by atoms with van der Waals surface area (Å²) in [5.41, 5.74) is 7.99. The standard InChI is InChI=1S/C14H13BrN2O2/c15-10-3-1-9(2-4-10)8-17-11-5-6-12(14(18)19)13(16)7-11/h1-7,17H,8,16H2,(H,18,19). The molecule has 0 radical (unpaired) electrons. The van der Waals surface area contributed by atoms with E-state index in [1.165, 1.54) is 6.07 Å². The number of carboxylic acid groups (broad SMARTS) is 1. The normalized spacial score (nSPS) is 10.2. The van der Waals surface area contributed by atoms with Crippen LogP contribution in [-0.2, 0) is 6.54 Å². The molecule has 0 fully saturated rings. The van der Waals surface area contributed by atoms with Crippen molar-refractivity contribution in [2.45, 2.75) is 6.54 Å². The Morgan fingerprint density at radius 1 is 1.21 bits per heavy atom. The highest BCUT2D eigenvalue weighted by Gasteiger charge is 2.07. The third-order valence-corrected chi connectivity index (χ3v) is 3.22. The van der Waals surface area contributed by atoms with Gasteiger partial charge in [-0.05, 0) is 35.9 Å². The number of nitrogen functional groups attached to an aromatic ring is 1. The lowest BCUT2D eigenvalue weighted by Crippen LogP contribution is -2.04. The Labute approximate surface area is 119 Å². The van der Waals surface area contributed by atoms with Crippen molar-refractivity contribution in [1.29, 1.82) is 0 Å². The number of halogens is 1. The summed E-state index contributed by atoms with van der Waals surface area (Å²) in [6, 6.07) is 12.8. The number of nitrogens with one attached hydrogen (secondary N) is 1. The van der Waals surface area contributed by atoms with Gasteiger partial charge in [-0.15, -0.1) is 0 Å². The first-order valence-electron chi connectivity index (χ1n) is 5.67. The van der Waals surface area contributed by atoms with Crippen molar-refractivity contribution in [3.63, 3.8) is 0 Å². The second kappa shape index (κ2) is 5.75. The number of hydrogen-bond acceptors (Lipinski definition) is 3. The highest BCUT2D eigenvalue weighted by Crippen LogP contribution is 2.19.